The van der Waals surface area contributed by atoms with Crippen molar-refractivity contribution in [3.05, 3.63) is 42.0 Å². The number of ether oxygens (including phenoxy) is 2. The summed E-state index contributed by atoms with van der Waals surface area (Å²) in [7, 11) is 0. The molecule has 1 heterocycles. The van der Waals surface area contributed by atoms with Crippen LogP contribution in [0.2, 0.25) is 0 Å². The SMILES string of the molecule is O=C(C[C@H]1C[C@H]2CC[C@@H]1C2)Oc1ccc2ccccc2c1C[NH+]1CCOCC1. The average Bonchev–Trinajstić information content (AvgIpc) is 3.34. The Labute approximate surface area is 166 Å². The molecule has 2 aromatic carbocycles. The summed E-state index contributed by atoms with van der Waals surface area (Å²) < 4.78 is 11.5. The molecule has 28 heavy (non-hydrogen) atoms. The quantitative estimate of drug-likeness (QED) is 0.640. The van der Waals surface area contributed by atoms with Gasteiger partial charge in [0.1, 0.15) is 25.4 Å². The second-order valence-corrected chi connectivity index (χ2v) is 8.92. The van der Waals surface area contributed by atoms with Gasteiger partial charge in [0.2, 0.25) is 0 Å². The second-order valence-electron chi connectivity index (χ2n) is 8.92. The Balaban J connectivity index is 1.36. The number of morpholine rings is 1. The fourth-order valence-corrected chi connectivity index (χ4v) is 5.69. The number of esters is 1. The summed E-state index contributed by atoms with van der Waals surface area (Å²) in [6, 6.07) is 12.5. The van der Waals surface area contributed by atoms with Crippen molar-refractivity contribution in [1.29, 1.82) is 0 Å². The van der Waals surface area contributed by atoms with E-state index in [1.165, 1.54) is 41.4 Å². The predicted molar refractivity (Wildman–Crippen MR) is 108 cm³/mol. The number of carbonyl (C=O) groups is 1. The van der Waals surface area contributed by atoms with Gasteiger partial charge in [0.25, 0.3) is 0 Å². The van der Waals surface area contributed by atoms with Crippen LogP contribution in [0.4, 0.5) is 0 Å². The van der Waals surface area contributed by atoms with Gasteiger partial charge in [-0.25, -0.2) is 0 Å². The topological polar surface area (TPSA) is 40.0 Å². The van der Waals surface area contributed by atoms with Gasteiger partial charge in [0, 0.05) is 6.42 Å². The van der Waals surface area contributed by atoms with Crippen LogP contribution in [0, 0.1) is 17.8 Å². The van der Waals surface area contributed by atoms with Crippen molar-refractivity contribution in [2.24, 2.45) is 17.8 Å². The smallest absolute Gasteiger partial charge is 0.311 e. The number of fused-ring (bicyclic) bond motifs is 3. The maximum atomic E-state index is 12.8. The van der Waals surface area contributed by atoms with Gasteiger partial charge in [-0.3, -0.25) is 4.79 Å². The lowest BCUT2D eigenvalue weighted by molar-refractivity contribution is -0.921. The van der Waals surface area contributed by atoms with E-state index in [1.54, 1.807) is 0 Å². The standard InChI is InChI=1S/C24H29NO3/c26-24(15-20-14-17-5-6-19(20)13-17)28-23-8-7-18-3-1-2-4-21(18)22(23)16-25-9-11-27-12-10-25/h1-4,7-8,17,19-20H,5-6,9-16H2/p+1/t17-,19+,20+/m0/s1. The molecule has 0 radical (unpaired) electrons. The Morgan fingerprint density at radius 3 is 2.71 bits per heavy atom. The van der Waals surface area contributed by atoms with Crippen LogP contribution in [0.5, 0.6) is 5.75 Å². The first kappa shape index (κ1) is 18.1. The first-order valence-corrected chi connectivity index (χ1v) is 10.9. The normalized spacial score (nSPS) is 27.4. The zero-order valence-electron chi connectivity index (χ0n) is 16.5. The number of quaternary nitrogens is 1. The largest absolute Gasteiger partial charge is 0.426 e. The Morgan fingerprint density at radius 2 is 1.93 bits per heavy atom. The third-order valence-electron chi connectivity index (χ3n) is 7.16. The van der Waals surface area contributed by atoms with Crippen molar-refractivity contribution in [3.63, 3.8) is 0 Å². The number of hydrogen-bond donors (Lipinski definition) is 1. The molecule has 2 bridgehead atoms. The van der Waals surface area contributed by atoms with E-state index in [2.05, 4.69) is 30.3 Å². The minimum Gasteiger partial charge on any atom is -0.426 e. The van der Waals surface area contributed by atoms with E-state index in [1.807, 2.05) is 6.07 Å². The zero-order chi connectivity index (χ0) is 18.9. The molecule has 1 saturated heterocycles. The molecule has 4 nitrogen and oxygen atoms in total. The maximum Gasteiger partial charge on any atom is 0.311 e. The second kappa shape index (κ2) is 7.84. The van der Waals surface area contributed by atoms with Gasteiger partial charge in [0.05, 0.1) is 18.8 Å². The van der Waals surface area contributed by atoms with Crippen LogP contribution in [-0.2, 0) is 16.1 Å². The van der Waals surface area contributed by atoms with Gasteiger partial charge in [0.15, 0.2) is 0 Å². The fraction of sp³-hybridized carbons (Fsp3) is 0.542. The molecule has 0 unspecified atom stereocenters. The Bertz CT molecular complexity index is 858. The molecule has 2 aliphatic carbocycles. The van der Waals surface area contributed by atoms with E-state index >= 15 is 0 Å². The summed E-state index contributed by atoms with van der Waals surface area (Å²) in [5.41, 5.74) is 1.16. The summed E-state index contributed by atoms with van der Waals surface area (Å²) in [6.07, 6.45) is 5.82. The van der Waals surface area contributed by atoms with E-state index in [9.17, 15) is 4.79 Å². The minimum atomic E-state index is -0.0499. The van der Waals surface area contributed by atoms with Crippen molar-refractivity contribution in [2.45, 2.75) is 38.6 Å². The molecule has 0 aromatic heterocycles. The third-order valence-corrected chi connectivity index (χ3v) is 7.16. The Kier molecular flexibility index (Phi) is 5.08. The van der Waals surface area contributed by atoms with Crippen LogP contribution in [0.3, 0.4) is 0 Å². The highest BCUT2D eigenvalue weighted by molar-refractivity contribution is 5.88. The highest BCUT2D eigenvalue weighted by atomic mass is 16.5. The fourth-order valence-electron chi connectivity index (χ4n) is 5.69. The zero-order valence-corrected chi connectivity index (χ0v) is 16.5. The number of nitrogens with one attached hydrogen (secondary N) is 1. The van der Waals surface area contributed by atoms with Gasteiger partial charge in [-0.1, -0.05) is 36.8 Å². The van der Waals surface area contributed by atoms with Crippen molar-refractivity contribution in [2.75, 3.05) is 26.3 Å². The first-order chi connectivity index (χ1) is 13.8. The van der Waals surface area contributed by atoms with Crippen LogP contribution < -0.4 is 9.64 Å². The highest BCUT2D eigenvalue weighted by Crippen LogP contribution is 2.49. The summed E-state index contributed by atoms with van der Waals surface area (Å²) in [5, 5.41) is 2.41. The molecule has 1 N–H and O–H groups in total. The van der Waals surface area contributed by atoms with Crippen molar-refractivity contribution < 1.29 is 19.2 Å². The monoisotopic (exact) mass is 380 g/mol. The molecule has 148 valence electrons. The van der Waals surface area contributed by atoms with E-state index < -0.39 is 0 Å². The van der Waals surface area contributed by atoms with E-state index in [0.29, 0.717) is 12.3 Å². The first-order valence-electron chi connectivity index (χ1n) is 10.9. The van der Waals surface area contributed by atoms with Gasteiger partial charge in [-0.05, 0) is 53.9 Å². The van der Waals surface area contributed by atoms with Crippen molar-refractivity contribution in [1.82, 2.24) is 0 Å². The van der Waals surface area contributed by atoms with Crippen LogP contribution in [-0.4, -0.2) is 32.3 Å². The summed E-state index contributed by atoms with van der Waals surface area (Å²) in [4.78, 5) is 14.3. The van der Waals surface area contributed by atoms with Crippen molar-refractivity contribution >= 4 is 16.7 Å². The van der Waals surface area contributed by atoms with Crippen LogP contribution in [0.15, 0.2) is 36.4 Å². The van der Waals surface area contributed by atoms with Crippen LogP contribution in [0.1, 0.15) is 37.7 Å². The molecule has 2 aromatic rings. The number of carbonyl (C=O) groups excluding carboxylic acids is 1. The lowest BCUT2D eigenvalue weighted by Gasteiger charge is -2.25. The van der Waals surface area contributed by atoms with E-state index in [4.69, 9.17) is 9.47 Å². The molecule has 3 atom stereocenters. The molecule has 3 fully saturated rings. The molecular formula is C24H30NO3+. The Morgan fingerprint density at radius 1 is 1.07 bits per heavy atom. The van der Waals surface area contributed by atoms with Gasteiger partial charge >= 0.3 is 5.97 Å². The molecule has 0 amide bonds. The summed E-state index contributed by atoms with van der Waals surface area (Å²) >= 11 is 0. The van der Waals surface area contributed by atoms with Gasteiger partial charge < -0.3 is 14.4 Å². The number of rotatable bonds is 5. The van der Waals surface area contributed by atoms with Gasteiger partial charge in [-0.15, -0.1) is 0 Å². The molecule has 4 heteroatoms. The van der Waals surface area contributed by atoms with Crippen LogP contribution in [0.25, 0.3) is 10.8 Å². The summed E-state index contributed by atoms with van der Waals surface area (Å²) in [6.45, 7) is 4.49. The van der Waals surface area contributed by atoms with E-state index in [-0.39, 0.29) is 5.97 Å². The number of benzene rings is 2. The number of hydrogen-bond acceptors (Lipinski definition) is 3. The lowest BCUT2D eigenvalue weighted by atomic mass is 9.86. The average molecular weight is 381 g/mol. The molecular weight excluding hydrogens is 350 g/mol. The predicted octanol–water partition coefficient (Wildman–Crippen LogP) is 2.99. The third kappa shape index (κ3) is 3.68. The summed E-state index contributed by atoms with van der Waals surface area (Å²) in [5.74, 6) is 2.87. The molecule has 5 rings (SSSR count). The highest BCUT2D eigenvalue weighted by Gasteiger charge is 2.40. The molecule has 2 saturated carbocycles. The van der Waals surface area contributed by atoms with E-state index in [0.717, 1.165) is 56.0 Å². The van der Waals surface area contributed by atoms with Gasteiger partial charge in [-0.2, -0.15) is 0 Å². The Hall–Kier alpha value is -1.91. The molecule has 0 spiro atoms. The maximum absolute atomic E-state index is 12.8. The lowest BCUT2D eigenvalue weighted by Crippen LogP contribution is -3.12. The van der Waals surface area contributed by atoms with Crippen molar-refractivity contribution in [3.8, 4) is 5.75 Å². The molecule has 1 aliphatic heterocycles. The molecule has 3 aliphatic rings. The van der Waals surface area contributed by atoms with Crippen LogP contribution >= 0.6 is 0 Å². The minimum absolute atomic E-state index is 0.0499.